The molecule has 0 atom stereocenters. The Bertz CT molecular complexity index is 881. The van der Waals surface area contributed by atoms with Crippen molar-refractivity contribution in [1.82, 2.24) is 10.3 Å². The van der Waals surface area contributed by atoms with Gasteiger partial charge in [-0.1, -0.05) is 18.2 Å². The number of hydrazone groups is 1. The summed E-state index contributed by atoms with van der Waals surface area (Å²) in [4.78, 5) is 16.9. The van der Waals surface area contributed by atoms with Crippen LogP contribution in [0.1, 0.15) is 12.0 Å². The number of para-hydroxylation sites is 1. The number of piperazine rings is 1. The second-order valence-electron chi connectivity index (χ2n) is 7.16. The van der Waals surface area contributed by atoms with Crippen LogP contribution >= 0.6 is 0 Å². The van der Waals surface area contributed by atoms with Gasteiger partial charge in [0.2, 0.25) is 5.91 Å². The SMILES string of the molecule is COc1cc(OC)c(OC)cc1/C=N/NC(=O)CCN1CCN(c2ccccc2)CC1. The van der Waals surface area contributed by atoms with Crippen molar-refractivity contribution < 1.29 is 19.0 Å². The largest absolute Gasteiger partial charge is 0.496 e. The molecule has 0 spiro atoms. The van der Waals surface area contributed by atoms with Crippen molar-refractivity contribution in [3.63, 3.8) is 0 Å². The molecule has 0 aliphatic carbocycles. The van der Waals surface area contributed by atoms with Gasteiger partial charge in [-0.15, -0.1) is 0 Å². The molecule has 31 heavy (non-hydrogen) atoms. The van der Waals surface area contributed by atoms with Gasteiger partial charge in [-0.05, 0) is 18.2 Å². The van der Waals surface area contributed by atoms with E-state index in [-0.39, 0.29) is 5.91 Å². The van der Waals surface area contributed by atoms with Gasteiger partial charge in [0.25, 0.3) is 0 Å². The number of amides is 1. The Morgan fingerprint density at radius 1 is 0.968 bits per heavy atom. The van der Waals surface area contributed by atoms with Gasteiger partial charge in [0, 0.05) is 56.5 Å². The molecule has 8 nitrogen and oxygen atoms in total. The monoisotopic (exact) mass is 426 g/mol. The summed E-state index contributed by atoms with van der Waals surface area (Å²) < 4.78 is 15.9. The summed E-state index contributed by atoms with van der Waals surface area (Å²) in [5, 5.41) is 4.07. The zero-order chi connectivity index (χ0) is 22.1. The minimum absolute atomic E-state index is 0.124. The fourth-order valence-electron chi connectivity index (χ4n) is 3.51. The van der Waals surface area contributed by atoms with Crippen LogP contribution in [0, 0.1) is 0 Å². The quantitative estimate of drug-likeness (QED) is 0.490. The van der Waals surface area contributed by atoms with Crippen molar-refractivity contribution in [3.8, 4) is 17.2 Å². The van der Waals surface area contributed by atoms with Crippen molar-refractivity contribution in [2.75, 3.05) is 59.0 Å². The lowest BCUT2D eigenvalue weighted by atomic mass is 10.2. The molecule has 2 aromatic carbocycles. The third-order valence-electron chi connectivity index (χ3n) is 5.28. The molecule has 1 aliphatic rings. The Morgan fingerprint density at radius 2 is 1.61 bits per heavy atom. The van der Waals surface area contributed by atoms with Gasteiger partial charge in [-0.3, -0.25) is 9.69 Å². The van der Waals surface area contributed by atoms with E-state index in [9.17, 15) is 4.79 Å². The summed E-state index contributed by atoms with van der Waals surface area (Å²) in [5.74, 6) is 1.58. The van der Waals surface area contributed by atoms with Crippen LogP contribution in [-0.2, 0) is 4.79 Å². The highest BCUT2D eigenvalue weighted by Crippen LogP contribution is 2.33. The standard InChI is InChI=1S/C23H30N4O4/c1-29-20-16-22(31-3)21(30-2)15-18(20)17-24-25-23(28)9-10-26-11-13-27(14-12-26)19-7-5-4-6-8-19/h4-8,15-17H,9-14H2,1-3H3,(H,25,28)/b24-17+. The summed E-state index contributed by atoms with van der Waals surface area (Å²) >= 11 is 0. The Morgan fingerprint density at radius 3 is 2.26 bits per heavy atom. The summed E-state index contributed by atoms with van der Waals surface area (Å²) in [6, 6.07) is 13.9. The molecular weight excluding hydrogens is 396 g/mol. The minimum Gasteiger partial charge on any atom is -0.496 e. The molecule has 8 heteroatoms. The van der Waals surface area contributed by atoms with Crippen LogP contribution in [0.5, 0.6) is 17.2 Å². The van der Waals surface area contributed by atoms with E-state index < -0.39 is 0 Å². The average molecular weight is 427 g/mol. The highest BCUT2D eigenvalue weighted by atomic mass is 16.5. The smallest absolute Gasteiger partial charge is 0.241 e. The maximum Gasteiger partial charge on any atom is 0.241 e. The maximum atomic E-state index is 12.2. The van der Waals surface area contributed by atoms with Crippen molar-refractivity contribution >= 4 is 17.8 Å². The van der Waals surface area contributed by atoms with Crippen LogP contribution in [0.15, 0.2) is 47.6 Å². The predicted molar refractivity (Wildman–Crippen MR) is 122 cm³/mol. The normalized spacial score (nSPS) is 14.5. The molecular formula is C23H30N4O4. The minimum atomic E-state index is -0.124. The number of rotatable bonds is 9. The predicted octanol–water partition coefficient (Wildman–Crippen LogP) is 2.37. The van der Waals surface area contributed by atoms with Crippen LogP contribution in [0.4, 0.5) is 5.69 Å². The lowest BCUT2D eigenvalue weighted by Crippen LogP contribution is -2.47. The van der Waals surface area contributed by atoms with Crippen molar-refractivity contribution in [3.05, 3.63) is 48.0 Å². The van der Waals surface area contributed by atoms with E-state index in [2.05, 4.69) is 44.6 Å². The van der Waals surface area contributed by atoms with Gasteiger partial charge in [-0.2, -0.15) is 5.10 Å². The first kappa shape index (κ1) is 22.4. The molecule has 0 saturated carbocycles. The van der Waals surface area contributed by atoms with Crippen LogP contribution in [0.3, 0.4) is 0 Å². The van der Waals surface area contributed by atoms with E-state index in [4.69, 9.17) is 14.2 Å². The van der Waals surface area contributed by atoms with Gasteiger partial charge in [-0.25, -0.2) is 5.43 Å². The van der Waals surface area contributed by atoms with Gasteiger partial charge < -0.3 is 19.1 Å². The molecule has 2 aromatic rings. The van der Waals surface area contributed by atoms with Gasteiger partial charge >= 0.3 is 0 Å². The first-order chi connectivity index (χ1) is 15.1. The number of methoxy groups -OCH3 is 3. The first-order valence-electron chi connectivity index (χ1n) is 10.3. The van der Waals surface area contributed by atoms with E-state index >= 15 is 0 Å². The van der Waals surface area contributed by atoms with Crippen molar-refractivity contribution in [1.29, 1.82) is 0 Å². The molecule has 0 aromatic heterocycles. The van der Waals surface area contributed by atoms with E-state index in [1.807, 2.05) is 6.07 Å². The number of nitrogens with zero attached hydrogens (tertiary/aromatic N) is 3. The number of nitrogens with one attached hydrogen (secondary N) is 1. The van der Waals surface area contributed by atoms with Crippen molar-refractivity contribution in [2.45, 2.75) is 6.42 Å². The topological polar surface area (TPSA) is 75.6 Å². The van der Waals surface area contributed by atoms with E-state index in [1.54, 1.807) is 33.5 Å². The molecule has 1 saturated heterocycles. The summed E-state index contributed by atoms with van der Waals surface area (Å²) in [7, 11) is 4.69. The number of ether oxygens (including phenoxy) is 3. The number of anilines is 1. The van der Waals surface area contributed by atoms with E-state index in [0.29, 0.717) is 35.8 Å². The molecule has 1 fully saturated rings. The van der Waals surface area contributed by atoms with Crippen LogP contribution < -0.4 is 24.5 Å². The number of carbonyl (C=O) groups excluding carboxylic acids is 1. The second kappa shape index (κ2) is 11.2. The first-order valence-corrected chi connectivity index (χ1v) is 10.3. The molecule has 0 radical (unpaired) electrons. The number of carbonyl (C=O) groups is 1. The Labute approximate surface area is 183 Å². The Kier molecular flexibility index (Phi) is 8.12. The zero-order valence-electron chi connectivity index (χ0n) is 18.3. The third-order valence-corrected chi connectivity index (χ3v) is 5.28. The van der Waals surface area contributed by atoms with Crippen LogP contribution in [0.2, 0.25) is 0 Å². The van der Waals surface area contributed by atoms with E-state index in [1.165, 1.54) is 11.9 Å². The highest BCUT2D eigenvalue weighted by Gasteiger charge is 2.17. The van der Waals surface area contributed by atoms with Crippen molar-refractivity contribution in [2.24, 2.45) is 5.10 Å². The number of benzene rings is 2. The molecule has 0 unspecified atom stereocenters. The fourth-order valence-corrected chi connectivity index (χ4v) is 3.51. The third kappa shape index (κ3) is 6.11. The Balaban J connectivity index is 1.45. The molecule has 1 amide bonds. The van der Waals surface area contributed by atoms with Gasteiger partial charge in [0.15, 0.2) is 11.5 Å². The maximum absolute atomic E-state index is 12.2. The molecule has 166 valence electrons. The average Bonchev–Trinajstić information content (AvgIpc) is 2.83. The molecule has 1 aliphatic heterocycles. The lowest BCUT2D eigenvalue weighted by molar-refractivity contribution is -0.121. The molecule has 3 rings (SSSR count). The summed E-state index contributed by atoms with van der Waals surface area (Å²) in [6.07, 6.45) is 1.93. The molecule has 0 bridgehead atoms. The summed E-state index contributed by atoms with van der Waals surface area (Å²) in [6.45, 7) is 4.51. The highest BCUT2D eigenvalue weighted by molar-refractivity contribution is 5.86. The van der Waals surface area contributed by atoms with Gasteiger partial charge in [0.1, 0.15) is 5.75 Å². The summed E-state index contributed by atoms with van der Waals surface area (Å²) in [5.41, 5.74) is 4.52. The second-order valence-corrected chi connectivity index (χ2v) is 7.16. The fraction of sp³-hybridized carbons (Fsp3) is 0.391. The number of hydrogen-bond acceptors (Lipinski definition) is 7. The molecule has 1 heterocycles. The Hall–Kier alpha value is -3.26. The lowest BCUT2D eigenvalue weighted by Gasteiger charge is -2.36. The zero-order valence-corrected chi connectivity index (χ0v) is 18.3. The number of hydrogen-bond donors (Lipinski definition) is 1. The van der Waals surface area contributed by atoms with Crippen LogP contribution in [-0.4, -0.2) is 71.1 Å². The van der Waals surface area contributed by atoms with E-state index in [0.717, 1.165) is 26.2 Å². The van der Waals surface area contributed by atoms with Crippen LogP contribution in [0.25, 0.3) is 0 Å². The molecule has 1 N–H and O–H groups in total. The van der Waals surface area contributed by atoms with Gasteiger partial charge in [0.05, 0.1) is 27.5 Å².